The maximum absolute atomic E-state index is 14.6. The lowest BCUT2D eigenvalue weighted by atomic mass is 9.94. The topological polar surface area (TPSA) is 106 Å². The maximum atomic E-state index is 14.6. The first-order valence-electron chi connectivity index (χ1n) is 10.6. The minimum Gasteiger partial charge on any atom is -0.443 e. The second-order valence-electron chi connectivity index (χ2n) is 8.03. The first kappa shape index (κ1) is 24.0. The predicted molar refractivity (Wildman–Crippen MR) is 118 cm³/mol. The molecule has 2 heterocycles. The first-order valence-corrected chi connectivity index (χ1v) is 10.6. The highest BCUT2D eigenvalue weighted by Crippen LogP contribution is 2.28. The summed E-state index contributed by atoms with van der Waals surface area (Å²) in [6.07, 6.45) is -2.00. The fourth-order valence-corrected chi connectivity index (χ4v) is 3.53. The summed E-state index contributed by atoms with van der Waals surface area (Å²) in [5, 5.41) is 9.21. The molecule has 2 aromatic carbocycles. The molecule has 2 atom stereocenters. The zero-order valence-electron chi connectivity index (χ0n) is 18.5. The number of benzene rings is 2. The molecule has 8 nitrogen and oxygen atoms in total. The molecule has 1 aliphatic heterocycles. The van der Waals surface area contributed by atoms with Crippen LogP contribution in [0.4, 0.5) is 13.2 Å². The number of alkyl halides is 2. The molecule has 3 aromatic rings. The predicted octanol–water partition coefficient (Wildman–Crippen LogP) is 3.92. The molecule has 182 valence electrons. The zero-order valence-corrected chi connectivity index (χ0v) is 18.5. The number of aromatic nitrogens is 1. The van der Waals surface area contributed by atoms with Crippen molar-refractivity contribution in [1.29, 1.82) is 0 Å². The van der Waals surface area contributed by atoms with Crippen LogP contribution in [-0.2, 0) is 9.63 Å². The second kappa shape index (κ2) is 10.00. The van der Waals surface area contributed by atoms with E-state index in [1.165, 1.54) is 18.2 Å². The van der Waals surface area contributed by atoms with Crippen LogP contribution in [-0.4, -0.2) is 34.7 Å². The van der Waals surface area contributed by atoms with Gasteiger partial charge in [-0.25, -0.2) is 9.37 Å². The molecule has 0 saturated carbocycles. The summed E-state index contributed by atoms with van der Waals surface area (Å²) in [5.41, 5.74) is -0.236. The average molecular weight is 486 g/mol. The zero-order chi connectivity index (χ0) is 25.0. The van der Waals surface area contributed by atoms with Gasteiger partial charge in [0.2, 0.25) is 5.60 Å². The molecular weight excluding hydrogens is 465 g/mol. The molecule has 0 fully saturated rings. The van der Waals surface area contributed by atoms with Crippen molar-refractivity contribution in [3.05, 3.63) is 89.4 Å². The summed E-state index contributed by atoms with van der Waals surface area (Å²) in [6, 6.07) is 13.9. The van der Waals surface area contributed by atoms with E-state index < -0.39 is 41.6 Å². The quantitative estimate of drug-likeness (QED) is 0.502. The molecule has 11 heteroatoms. The molecule has 0 radical (unpaired) electrons. The maximum Gasteiger partial charge on any atom is 0.313 e. The fourth-order valence-electron chi connectivity index (χ4n) is 3.53. The number of carbonyl (C=O) groups excluding carboxylic acids is 2. The van der Waals surface area contributed by atoms with Gasteiger partial charge in [0.15, 0.2) is 5.69 Å². The van der Waals surface area contributed by atoms with Crippen molar-refractivity contribution in [2.24, 2.45) is 5.16 Å². The van der Waals surface area contributed by atoms with Crippen LogP contribution < -0.4 is 10.6 Å². The van der Waals surface area contributed by atoms with Crippen molar-refractivity contribution in [2.45, 2.75) is 31.4 Å². The van der Waals surface area contributed by atoms with Crippen molar-refractivity contribution in [3.63, 3.8) is 0 Å². The number of nitrogens with one attached hydrogen (secondary N) is 2. The number of carbonyl (C=O) groups is 2. The molecule has 0 bridgehead atoms. The SMILES string of the molecule is CC1(C(=O)NC(CNC(=O)c2coc(C(F)F)n2)c2ccccc2F)CC(c2ccccc2)=NO1. The van der Waals surface area contributed by atoms with Gasteiger partial charge in [-0.05, 0) is 18.6 Å². The Morgan fingerprint density at radius 1 is 1.11 bits per heavy atom. The van der Waals surface area contributed by atoms with E-state index in [0.29, 0.717) is 5.71 Å². The number of halogens is 3. The van der Waals surface area contributed by atoms with E-state index in [-0.39, 0.29) is 24.2 Å². The normalized spacial score (nSPS) is 18.0. The number of hydrogen-bond acceptors (Lipinski definition) is 6. The molecule has 2 unspecified atom stereocenters. The number of amides is 2. The van der Waals surface area contributed by atoms with Crippen molar-refractivity contribution >= 4 is 17.5 Å². The van der Waals surface area contributed by atoms with E-state index in [0.717, 1.165) is 11.8 Å². The highest BCUT2D eigenvalue weighted by Gasteiger charge is 2.43. The van der Waals surface area contributed by atoms with E-state index in [1.54, 1.807) is 13.0 Å². The van der Waals surface area contributed by atoms with Crippen molar-refractivity contribution in [1.82, 2.24) is 15.6 Å². The van der Waals surface area contributed by atoms with Gasteiger partial charge in [-0.15, -0.1) is 0 Å². The molecule has 35 heavy (non-hydrogen) atoms. The van der Waals surface area contributed by atoms with E-state index in [9.17, 15) is 22.8 Å². The molecule has 0 saturated heterocycles. The average Bonchev–Trinajstić information content (AvgIpc) is 3.51. The van der Waals surface area contributed by atoms with Crippen LogP contribution in [0.5, 0.6) is 0 Å². The van der Waals surface area contributed by atoms with Crippen LogP contribution in [0.25, 0.3) is 0 Å². The smallest absolute Gasteiger partial charge is 0.313 e. The third-order valence-electron chi connectivity index (χ3n) is 5.44. The second-order valence-corrected chi connectivity index (χ2v) is 8.03. The van der Waals surface area contributed by atoms with Gasteiger partial charge in [0.05, 0.1) is 11.8 Å². The lowest BCUT2D eigenvalue weighted by Gasteiger charge is -2.26. The highest BCUT2D eigenvalue weighted by atomic mass is 19.3. The number of oxazole rings is 1. The van der Waals surface area contributed by atoms with E-state index >= 15 is 0 Å². The van der Waals surface area contributed by atoms with Gasteiger partial charge in [-0.3, -0.25) is 9.59 Å². The Balaban J connectivity index is 1.47. The van der Waals surface area contributed by atoms with Crippen LogP contribution in [0.1, 0.15) is 53.3 Å². The molecule has 4 rings (SSSR count). The molecule has 2 N–H and O–H groups in total. The minimum atomic E-state index is -2.97. The van der Waals surface area contributed by atoms with Gasteiger partial charge >= 0.3 is 6.43 Å². The first-order chi connectivity index (χ1) is 16.8. The summed E-state index contributed by atoms with van der Waals surface area (Å²) in [5.74, 6) is -2.90. The van der Waals surface area contributed by atoms with E-state index in [4.69, 9.17) is 4.84 Å². The van der Waals surface area contributed by atoms with Crippen LogP contribution >= 0.6 is 0 Å². The van der Waals surface area contributed by atoms with Crippen LogP contribution in [0.15, 0.2) is 70.4 Å². The Morgan fingerprint density at radius 3 is 2.51 bits per heavy atom. The Morgan fingerprint density at radius 2 is 1.83 bits per heavy atom. The molecule has 1 aromatic heterocycles. The third kappa shape index (κ3) is 5.34. The fraction of sp³-hybridized carbons (Fsp3) is 0.250. The number of nitrogens with zero attached hydrogens (tertiary/aromatic N) is 2. The van der Waals surface area contributed by atoms with Gasteiger partial charge in [-0.2, -0.15) is 8.78 Å². The van der Waals surface area contributed by atoms with Crippen LogP contribution in [0, 0.1) is 5.82 Å². The van der Waals surface area contributed by atoms with Gasteiger partial charge in [0.1, 0.15) is 12.1 Å². The van der Waals surface area contributed by atoms with Gasteiger partial charge < -0.3 is 19.9 Å². The Labute approximate surface area is 198 Å². The standard InChI is InChI=1S/C24H21F3N4O4/c1-24(11-17(31-35-24)14-7-3-2-4-8-14)23(33)30-18(15-9-5-6-10-16(15)25)12-28-21(32)19-13-34-22(29-19)20(26)27/h2-10,13,18,20H,11-12H2,1H3,(H,28,32)(H,30,33). The largest absolute Gasteiger partial charge is 0.443 e. The van der Waals surface area contributed by atoms with Gasteiger partial charge in [-0.1, -0.05) is 53.7 Å². The third-order valence-corrected chi connectivity index (χ3v) is 5.44. The van der Waals surface area contributed by atoms with E-state index in [1.807, 2.05) is 30.3 Å². The Hall–Kier alpha value is -4.15. The van der Waals surface area contributed by atoms with E-state index in [2.05, 4.69) is 25.2 Å². The summed E-state index contributed by atoms with van der Waals surface area (Å²) in [4.78, 5) is 34.4. The van der Waals surface area contributed by atoms with Crippen molar-refractivity contribution < 1.29 is 32.0 Å². The monoisotopic (exact) mass is 486 g/mol. The number of rotatable bonds is 8. The van der Waals surface area contributed by atoms with Gasteiger partial charge in [0, 0.05) is 18.5 Å². The Bertz CT molecular complexity index is 1250. The summed E-state index contributed by atoms with van der Waals surface area (Å²) in [7, 11) is 0. The number of oxime groups is 1. The molecule has 2 amide bonds. The van der Waals surface area contributed by atoms with Gasteiger partial charge in [0.25, 0.3) is 17.7 Å². The van der Waals surface area contributed by atoms with Crippen LogP contribution in [0.2, 0.25) is 0 Å². The van der Waals surface area contributed by atoms with Crippen molar-refractivity contribution in [3.8, 4) is 0 Å². The molecular formula is C24H21F3N4O4. The Kier molecular flexibility index (Phi) is 6.85. The summed E-state index contributed by atoms with van der Waals surface area (Å²) < 4.78 is 44.5. The molecule has 0 aliphatic carbocycles. The summed E-state index contributed by atoms with van der Waals surface area (Å²) >= 11 is 0. The lowest BCUT2D eigenvalue weighted by molar-refractivity contribution is -0.142. The lowest BCUT2D eigenvalue weighted by Crippen LogP contribution is -2.48. The highest BCUT2D eigenvalue weighted by molar-refractivity contribution is 6.05. The minimum absolute atomic E-state index is 0.111. The molecule has 1 aliphatic rings. The molecule has 0 spiro atoms. The van der Waals surface area contributed by atoms with Crippen LogP contribution in [0.3, 0.4) is 0 Å². The van der Waals surface area contributed by atoms with Crippen molar-refractivity contribution in [2.75, 3.05) is 6.54 Å². The number of hydrogen-bond donors (Lipinski definition) is 2. The summed E-state index contributed by atoms with van der Waals surface area (Å²) in [6.45, 7) is 1.30.